The first-order valence-corrected chi connectivity index (χ1v) is 10.3. The average molecular weight is 428 g/mol. The second-order valence-corrected chi connectivity index (χ2v) is 7.59. The Bertz CT molecular complexity index is 845. The van der Waals surface area contributed by atoms with Gasteiger partial charge in [-0.1, -0.05) is 36.4 Å². The first-order valence-electron chi connectivity index (χ1n) is 10.3. The second kappa shape index (κ2) is 10.9. The number of hydrogen-bond donors (Lipinski definition) is 3. The molecule has 1 aliphatic rings. The number of ether oxygens (including phenoxy) is 3. The summed E-state index contributed by atoms with van der Waals surface area (Å²) in [4.78, 5) is 24.7. The molecular formula is C23H29N3O5. The largest absolute Gasteiger partial charge is 0.371 e. The molecule has 3 amide bonds. The summed E-state index contributed by atoms with van der Waals surface area (Å²) in [5.41, 5.74) is 1.25. The molecule has 8 heteroatoms. The van der Waals surface area contributed by atoms with Gasteiger partial charge in [0.15, 0.2) is 5.79 Å². The van der Waals surface area contributed by atoms with Gasteiger partial charge in [0, 0.05) is 24.3 Å². The Balaban J connectivity index is 1.61. The third kappa shape index (κ3) is 7.36. The van der Waals surface area contributed by atoms with Crippen LogP contribution >= 0.6 is 0 Å². The molecule has 166 valence electrons. The normalized spacial score (nSPS) is 20.7. The first kappa shape index (κ1) is 22.7. The van der Waals surface area contributed by atoms with E-state index in [0.717, 1.165) is 0 Å². The highest BCUT2D eigenvalue weighted by atomic mass is 16.7. The molecule has 31 heavy (non-hydrogen) atoms. The van der Waals surface area contributed by atoms with Crippen LogP contribution in [0.2, 0.25) is 0 Å². The SMILES string of the molecule is CC1(C)OCCO[C@H](CNC(=O)Nc2ccccc2)[C@H](CNC(=O)c2ccccc2)O1. The molecule has 1 fully saturated rings. The summed E-state index contributed by atoms with van der Waals surface area (Å²) < 4.78 is 17.7. The lowest BCUT2D eigenvalue weighted by atomic mass is 10.1. The minimum absolute atomic E-state index is 0.202. The molecule has 2 aromatic carbocycles. The van der Waals surface area contributed by atoms with Crippen molar-refractivity contribution < 1.29 is 23.8 Å². The van der Waals surface area contributed by atoms with Gasteiger partial charge in [0.2, 0.25) is 0 Å². The summed E-state index contributed by atoms with van der Waals surface area (Å²) in [6.45, 7) is 4.76. The zero-order valence-corrected chi connectivity index (χ0v) is 17.8. The van der Waals surface area contributed by atoms with Crippen LogP contribution in [0, 0.1) is 0 Å². The van der Waals surface area contributed by atoms with Crippen LogP contribution < -0.4 is 16.0 Å². The van der Waals surface area contributed by atoms with E-state index >= 15 is 0 Å². The summed E-state index contributed by atoms with van der Waals surface area (Å²) >= 11 is 0. The van der Waals surface area contributed by atoms with E-state index in [1.165, 1.54) is 0 Å². The predicted molar refractivity (Wildman–Crippen MR) is 117 cm³/mol. The molecule has 0 unspecified atom stereocenters. The number of amides is 3. The van der Waals surface area contributed by atoms with Crippen LogP contribution in [0.3, 0.4) is 0 Å². The number of nitrogens with one attached hydrogen (secondary N) is 3. The average Bonchev–Trinajstić information content (AvgIpc) is 2.76. The number of urea groups is 1. The Hall–Kier alpha value is -2.94. The predicted octanol–water partition coefficient (Wildman–Crippen LogP) is 2.77. The van der Waals surface area contributed by atoms with Gasteiger partial charge in [-0.25, -0.2) is 4.79 Å². The molecule has 3 rings (SSSR count). The maximum Gasteiger partial charge on any atom is 0.319 e. The van der Waals surface area contributed by atoms with Gasteiger partial charge in [-0.2, -0.15) is 0 Å². The zero-order valence-electron chi connectivity index (χ0n) is 17.8. The zero-order chi connectivity index (χ0) is 22.1. The smallest absolute Gasteiger partial charge is 0.319 e. The van der Waals surface area contributed by atoms with E-state index in [1.54, 1.807) is 36.4 Å². The number of carbonyl (C=O) groups is 2. The molecule has 1 saturated heterocycles. The first-order chi connectivity index (χ1) is 14.9. The Kier molecular flexibility index (Phi) is 8.00. The fourth-order valence-electron chi connectivity index (χ4n) is 3.21. The molecule has 1 aliphatic heterocycles. The molecule has 2 atom stereocenters. The number of para-hydroxylation sites is 1. The molecule has 0 saturated carbocycles. The molecule has 8 nitrogen and oxygen atoms in total. The maximum atomic E-state index is 12.5. The molecule has 2 aromatic rings. The highest BCUT2D eigenvalue weighted by Crippen LogP contribution is 2.20. The molecule has 0 aromatic heterocycles. The van der Waals surface area contributed by atoms with Crippen molar-refractivity contribution >= 4 is 17.6 Å². The van der Waals surface area contributed by atoms with E-state index < -0.39 is 18.0 Å². The fraction of sp³-hybridized carbons (Fsp3) is 0.391. The highest BCUT2D eigenvalue weighted by molar-refractivity contribution is 5.94. The lowest BCUT2D eigenvalue weighted by molar-refractivity contribution is -0.277. The fourth-order valence-corrected chi connectivity index (χ4v) is 3.21. The molecular weight excluding hydrogens is 398 g/mol. The minimum atomic E-state index is -0.851. The van der Waals surface area contributed by atoms with E-state index in [0.29, 0.717) is 24.5 Å². The van der Waals surface area contributed by atoms with Gasteiger partial charge in [0.1, 0.15) is 12.2 Å². The number of benzene rings is 2. The quantitative estimate of drug-likeness (QED) is 0.659. The summed E-state index contributed by atoms with van der Waals surface area (Å²) in [6, 6.07) is 17.8. The number of anilines is 1. The Morgan fingerprint density at radius 2 is 1.55 bits per heavy atom. The molecule has 0 bridgehead atoms. The van der Waals surface area contributed by atoms with Gasteiger partial charge in [0.25, 0.3) is 5.91 Å². The second-order valence-electron chi connectivity index (χ2n) is 7.59. The summed E-state index contributed by atoms with van der Waals surface area (Å²) in [5.74, 6) is -1.06. The Morgan fingerprint density at radius 3 is 2.26 bits per heavy atom. The van der Waals surface area contributed by atoms with Gasteiger partial charge < -0.3 is 30.2 Å². The van der Waals surface area contributed by atoms with Crippen molar-refractivity contribution in [1.82, 2.24) is 10.6 Å². The minimum Gasteiger partial charge on any atom is -0.371 e. The molecule has 1 heterocycles. The van der Waals surface area contributed by atoms with Crippen molar-refractivity contribution in [3.8, 4) is 0 Å². The van der Waals surface area contributed by atoms with Crippen LogP contribution in [0.4, 0.5) is 10.5 Å². The van der Waals surface area contributed by atoms with Gasteiger partial charge in [0.05, 0.1) is 13.2 Å². The van der Waals surface area contributed by atoms with Crippen LogP contribution in [0.1, 0.15) is 24.2 Å². The molecule has 3 N–H and O–H groups in total. The van der Waals surface area contributed by atoms with E-state index in [9.17, 15) is 9.59 Å². The van der Waals surface area contributed by atoms with Crippen molar-refractivity contribution in [1.29, 1.82) is 0 Å². The van der Waals surface area contributed by atoms with E-state index in [2.05, 4.69) is 16.0 Å². The summed E-state index contributed by atoms with van der Waals surface area (Å²) in [6.07, 6.45) is -0.999. The van der Waals surface area contributed by atoms with Gasteiger partial charge in [-0.05, 0) is 38.1 Å². The van der Waals surface area contributed by atoms with Gasteiger partial charge in [-0.3, -0.25) is 4.79 Å². The van der Waals surface area contributed by atoms with E-state index in [1.807, 2.05) is 38.1 Å². The van der Waals surface area contributed by atoms with Crippen LogP contribution in [-0.4, -0.2) is 56.2 Å². The summed E-state index contributed by atoms with van der Waals surface area (Å²) in [7, 11) is 0. The van der Waals surface area contributed by atoms with Crippen molar-refractivity contribution in [2.75, 3.05) is 31.6 Å². The van der Waals surface area contributed by atoms with Gasteiger partial charge >= 0.3 is 6.03 Å². The van der Waals surface area contributed by atoms with Crippen molar-refractivity contribution in [3.63, 3.8) is 0 Å². The molecule has 0 aliphatic carbocycles. The standard InChI is InChI=1S/C23H29N3O5/c1-23(2)30-14-13-29-19(15-25-22(28)26-18-11-7-4-8-12-18)20(31-23)16-24-21(27)17-9-5-3-6-10-17/h3-12,19-20H,13-16H2,1-2H3,(H,24,27)(H2,25,26,28)/t19-,20+/m1/s1. The number of hydrogen-bond acceptors (Lipinski definition) is 5. The van der Waals surface area contributed by atoms with Crippen molar-refractivity contribution in [2.24, 2.45) is 0 Å². The maximum absolute atomic E-state index is 12.5. The lowest BCUT2D eigenvalue weighted by Gasteiger charge is -2.37. The molecule has 0 spiro atoms. The topological polar surface area (TPSA) is 97.9 Å². The van der Waals surface area contributed by atoms with Gasteiger partial charge in [-0.15, -0.1) is 0 Å². The van der Waals surface area contributed by atoms with Crippen molar-refractivity contribution in [3.05, 3.63) is 66.2 Å². The number of carbonyl (C=O) groups excluding carboxylic acids is 2. The monoisotopic (exact) mass is 427 g/mol. The number of rotatable bonds is 6. The van der Waals surface area contributed by atoms with Crippen molar-refractivity contribution in [2.45, 2.75) is 31.8 Å². The lowest BCUT2D eigenvalue weighted by Crippen LogP contribution is -2.53. The third-order valence-corrected chi connectivity index (χ3v) is 4.71. The van der Waals surface area contributed by atoms with E-state index in [-0.39, 0.29) is 25.0 Å². The Morgan fingerprint density at radius 1 is 0.903 bits per heavy atom. The van der Waals surface area contributed by atoms with Crippen LogP contribution in [0.5, 0.6) is 0 Å². The van der Waals surface area contributed by atoms with Crippen LogP contribution in [0.25, 0.3) is 0 Å². The molecule has 0 radical (unpaired) electrons. The van der Waals surface area contributed by atoms with Crippen LogP contribution in [-0.2, 0) is 14.2 Å². The van der Waals surface area contributed by atoms with Crippen LogP contribution in [0.15, 0.2) is 60.7 Å². The van der Waals surface area contributed by atoms with E-state index in [4.69, 9.17) is 14.2 Å². The highest BCUT2D eigenvalue weighted by Gasteiger charge is 2.33. The Labute approximate surface area is 182 Å². The third-order valence-electron chi connectivity index (χ3n) is 4.71. The summed E-state index contributed by atoms with van der Waals surface area (Å²) in [5, 5.41) is 8.47.